The summed E-state index contributed by atoms with van der Waals surface area (Å²) in [6.07, 6.45) is -4.68. The highest BCUT2D eigenvalue weighted by Gasteiger charge is 2.38. The van der Waals surface area contributed by atoms with Gasteiger partial charge in [-0.3, -0.25) is 4.79 Å². The van der Waals surface area contributed by atoms with Gasteiger partial charge in [-0.1, -0.05) is 54.6 Å². The molecule has 0 saturated heterocycles. The quantitative estimate of drug-likeness (QED) is 0.300. The maximum absolute atomic E-state index is 13.6. The number of ether oxygens (including phenoxy) is 1. The molecule has 0 saturated carbocycles. The van der Waals surface area contributed by atoms with Crippen LogP contribution in [-0.2, 0) is 27.5 Å². The van der Waals surface area contributed by atoms with E-state index >= 15 is 0 Å². The van der Waals surface area contributed by atoms with Gasteiger partial charge in [0, 0.05) is 30.5 Å². The van der Waals surface area contributed by atoms with Gasteiger partial charge in [0.1, 0.15) is 5.75 Å². The molecule has 0 aliphatic carbocycles. The first-order chi connectivity index (χ1) is 19.2. The van der Waals surface area contributed by atoms with Crippen LogP contribution in [0.15, 0.2) is 77.7 Å². The van der Waals surface area contributed by atoms with Gasteiger partial charge in [0.15, 0.2) is 0 Å². The Morgan fingerprint density at radius 3 is 2.37 bits per heavy atom. The maximum Gasteiger partial charge on any atom is 0.417 e. The number of alkyl halides is 3. The molecule has 11 heteroatoms. The van der Waals surface area contributed by atoms with Gasteiger partial charge in [-0.05, 0) is 50.1 Å². The van der Waals surface area contributed by atoms with Gasteiger partial charge < -0.3 is 15.4 Å². The second-order valence-electron chi connectivity index (χ2n) is 11.0. The fourth-order valence-electron chi connectivity index (χ4n) is 4.60. The van der Waals surface area contributed by atoms with Gasteiger partial charge in [0.05, 0.1) is 29.1 Å². The minimum Gasteiger partial charge on any atom is -0.493 e. The highest BCUT2D eigenvalue weighted by molar-refractivity contribution is 7.89. The molecule has 0 aromatic heterocycles. The van der Waals surface area contributed by atoms with Crippen molar-refractivity contribution >= 4 is 15.9 Å². The van der Waals surface area contributed by atoms with E-state index in [1.807, 2.05) is 18.2 Å². The summed E-state index contributed by atoms with van der Waals surface area (Å²) < 4.78 is 75.3. The molecule has 1 amide bonds. The van der Waals surface area contributed by atoms with Crippen LogP contribution in [-0.4, -0.2) is 26.5 Å². The van der Waals surface area contributed by atoms with E-state index in [-0.39, 0.29) is 18.0 Å². The predicted molar refractivity (Wildman–Crippen MR) is 150 cm³/mol. The van der Waals surface area contributed by atoms with Crippen LogP contribution in [0.1, 0.15) is 68.0 Å². The first kappa shape index (κ1) is 30.5. The lowest BCUT2D eigenvalue weighted by molar-refractivity contribution is -0.139. The van der Waals surface area contributed by atoms with Crippen LogP contribution in [0.4, 0.5) is 13.2 Å². The molecule has 1 heterocycles. The van der Waals surface area contributed by atoms with Crippen LogP contribution in [0.25, 0.3) is 0 Å². The van der Waals surface area contributed by atoms with Crippen molar-refractivity contribution in [2.45, 2.75) is 68.9 Å². The average Bonchev–Trinajstić information content (AvgIpc) is 2.91. The number of carbonyl (C=O) groups excluding carboxylic acids is 1. The van der Waals surface area contributed by atoms with Crippen LogP contribution >= 0.6 is 0 Å². The third-order valence-electron chi connectivity index (χ3n) is 6.65. The minimum absolute atomic E-state index is 0.0566. The molecule has 7 nitrogen and oxygen atoms in total. The summed E-state index contributed by atoms with van der Waals surface area (Å²) in [5.41, 5.74) is 0.945. The van der Waals surface area contributed by atoms with E-state index in [9.17, 15) is 26.4 Å². The van der Waals surface area contributed by atoms with Crippen molar-refractivity contribution in [3.05, 3.63) is 95.1 Å². The zero-order valence-electron chi connectivity index (χ0n) is 23.1. The van der Waals surface area contributed by atoms with Gasteiger partial charge in [-0.2, -0.15) is 13.2 Å². The predicted octanol–water partition coefficient (Wildman–Crippen LogP) is 5.64. The molecule has 41 heavy (non-hydrogen) atoms. The molecule has 1 unspecified atom stereocenters. The van der Waals surface area contributed by atoms with Crippen molar-refractivity contribution in [1.29, 1.82) is 0 Å². The van der Waals surface area contributed by atoms with E-state index in [0.717, 1.165) is 23.3 Å². The third-order valence-corrected chi connectivity index (χ3v) is 8.18. The summed E-state index contributed by atoms with van der Waals surface area (Å²) in [6, 6.07) is 16.6. The van der Waals surface area contributed by atoms with E-state index in [2.05, 4.69) is 36.1 Å². The summed E-state index contributed by atoms with van der Waals surface area (Å²) in [6.45, 7) is 7.26. The number of carbonyl (C=O) groups is 1. The molecule has 2 atom stereocenters. The van der Waals surface area contributed by atoms with Crippen LogP contribution < -0.4 is 20.1 Å². The standard InChI is InChI=1S/C30H34F3N3O4S/c1-29(2,3)34-19-20-13-14-22-24(15-16-40-26(22)17-20)35-28(37)18-25(21-9-5-4-6-10-21)36-41(38,39)27-12-8-7-11-23(27)30(31,32)33/h4-14,17,24-25,34,36H,15-16,18-19H2,1-3H3,(H,35,37)/t24-,25?/m1/s1. The van der Waals surface area contributed by atoms with Gasteiger partial charge in [-0.25, -0.2) is 13.1 Å². The van der Waals surface area contributed by atoms with Crippen molar-refractivity contribution in [3.63, 3.8) is 0 Å². The summed E-state index contributed by atoms with van der Waals surface area (Å²) in [7, 11) is -4.65. The van der Waals surface area contributed by atoms with E-state index in [1.165, 1.54) is 6.07 Å². The van der Waals surface area contributed by atoms with Gasteiger partial charge in [-0.15, -0.1) is 0 Å². The Bertz CT molecular complexity index is 1470. The molecule has 1 aliphatic heterocycles. The van der Waals surface area contributed by atoms with Crippen LogP contribution in [0.5, 0.6) is 5.75 Å². The second kappa shape index (κ2) is 12.2. The SMILES string of the molecule is CC(C)(C)NCc1ccc2c(c1)OCC[C@H]2NC(=O)CC(NS(=O)(=O)c1ccccc1C(F)(F)F)c1ccccc1. The van der Waals surface area contributed by atoms with Crippen LogP contribution in [0.3, 0.4) is 0 Å². The summed E-state index contributed by atoms with van der Waals surface area (Å²) >= 11 is 0. The number of halogens is 3. The Hall–Kier alpha value is -3.41. The summed E-state index contributed by atoms with van der Waals surface area (Å²) in [5.74, 6) is 0.209. The van der Waals surface area contributed by atoms with Gasteiger partial charge in [0.2, 0.25) is 15.9 Å². The molecule has 1 aliphatic rings. The van der Waals surface area contributed by atoms with Crippen molar-refractivity contribution in [2.75, 3.05) is 6.61 Å². The highest BCUT2D eigenvalue weighted by Crippen LogP contribution is 2.35. The van der Waals surface area contributed by atoms with Crippen molar-refractivity contribution in [2.24, 2.45) is 0 Å². The van der Waals surface area contributed by atoms with E-state index in [4.69, 9.17) is 4.74 Å². The largest absolute Gasteiger partial charge is 0.493 e. The topological polar surface area (TPSA) is 96.5 Å². The smallest absolute Gasteiger partial charge is 0.417 e. The number of hydrogen-bond donors (Lipinski definition) is 3. The molecule has 220 valence electrons. The molecular weight excluding hydrogens is 555 g/mol. The lowest BCUT2D eigenvalue weighted by Gasteiger charge is -2.28. The number of hydrogen-bond acceptors (Lipinski definition) is 5. The molecule has 0 bridgehead atoms. The first-order valence-electron chi connectivity index (χ1n) is 13.3. The van der Waals surface area contributed by atoms with E-state index < -0.39 is 38.6 Å². The second-order valence-corrected chi connectivity index (χ2v) is 12.7. The Labute approximate surface area is 238 Å². The van der Waals surface area contributed by atoms with Crippen molar-refractivity contribution < 1.29 is 31.1 Å². The lowest BCUT2D eigenvalue weighted by Crippen LogP contribution is -2.37. The number of nitrogens with one attached hydrogen (secondary N) is 3. The molecule has 0 fully saturated rings. The van der Waals surface area contributed by atoms with Crippen LogP contribution in [0, 0.1) is 0 Å². The molecule has 0 radical (unpaired) electrons. The monoisotopic (exact) mass is 589 g/mol. The summed E-state index contributed by atoms with van der Waals surface area (Å²) in [5, 5.41) is 6.39. The Kier molecular flexibility index (Phi) is 9.10. The molecule has 3 N–H and O–H groups in total. The fraction of sp³-hybridized carbons (Fsp3) is 0.367. The van der Waals surface area contributed by atoms with E-state index in [1.54, 1.807) is 30.3 Å². The summed E-state index contributed by atoms with van der Waals surface area (Å²) in [4.78, 5) is 12.4. The molecule has 0 spiro atoms. The third kappa shape index (κ3) is 8.08. The molecule has 3 aromatic rings. The Morgan fingerprint density at radius 2 is 1.68 bits per heavy atom. The van der Waals surface area contributed by atoms with Crippen LogP contribution in [0.2, 0.25) is 0 Å². The number of rotatable bonds is 9. The Balaban J connectivity index is 1.53. The molecule has 4 rings (SSSR count). The number of amides is 1. The van der Waals surface area contributed by atoms with Gasteiger partial charge >= 0.3 is 6.18 Å². The number of fused-ring (bicyclic) bond motifs is 1. The minimum atomic E-state index is -4.87. The number of benzene rings is 3. The van der Waals surface area contributed by atoms with Gasteiger partial charge in [0.25, 0.3) is 0 Å². The fourth-order valence-corrected chi connectivity index (χ4v) is 6.05. The zero-order valence-corrected chi connectivity index (χ0v) is 23.9. The number of sulfonamides is 1. The Morgan fingerprint density at radius 1 is 1.00 bits per heavy atom. The van der Waals surface area contributed by atoms with E-state index in [0.29, 0.717) is 37.0 Å². The zero-order chi connectivity index (χ0) is 29.8. The van der Waals surface area contributed by atoms with Crippen molar-refractivity contribution in [3.8, 4) is 5.75 Å². The first-order valence-corrected chi connectivity index (χ1v) is 14.7. The maximum atomic E-state index is 13.6. The lowest BCUT2D eigenvalue weighted by atomic mass is 9.97. The average molecular weight is 590 g/mol. The highest BCUT2D eigenvalue weighted by atomic mass is 32.2. The molecular formula is C30H34F3N3O4S. The van der Waals surface area contributed by atoms with Crippen molar-refractivity contribution in [1.82, 2.24) is 15.4 Å². The normalized spacial score (nSPS) is 16.4. The molecule has 3 aromatic carbocycles.